The van der Waals surface area contributed by atoms with Gasteiger partial charge in [0.2, 0.25) is 0 Å². The highest BCUT2D eigenvalue weighted by Crippen LogP contribution is 2.18. The number of anilines is 2. The number of aromatic nitrogens is 1. The van der Waals surface area contributed by atoms with Gasteiger partial charge >= 0.3 is 0 Å². The number of amides is 1. The van der Waals surface area contributed by atoms with Crippen molar-refractivity contribution in [2.75, 3.05) is 31.4 Å². The highest BCUT2D eigenvalue weighted by molar-refractivity contribution is 6.04. The third kappa shape index (κ3) is 5.23. The summed E-state index contributed by atoms with van der Waals surface area (Å²) in [6, 6.07) is 18.7. The molecule has 2 aromatic carbocycles. The predicted octanol–water partition coefficient (Wildman–Crippen LogP) is 4.01. The molecule has 1 amide bonds. The van der Waals surface area contributed by atoms with Gasteiger partial charge in [0.15, 0.2) is 0 Å². The van der Waals surface area contributed by atoms with Crippen molar-refractivity contribution >= 4 is 17.4 Å². The first-order valence-electron chi connectivity index (χ1n) is 8.96. The summed E-state index contributed by atoms with van der Waals surface area (Å²) < 4.78 is 10.3. The Hall–Kier alpha value is -3.54. The predicted molar refractivity (Wildman–Crippen MR) is 110 cm³/mol. The number of rotatable bonds is 8. The van der Waals surface area contributed by atoms with Crippen molar-refractivity contribution in [2.45, 2.75) is 6.42 Å². The maximum Gasteiger partial charge on any atom is 0.257 e. The Morgan fingerprint density at radius 1 is 0.964 bits per heavy atom. The number of benzene rings is 2. The monoisotopic (exact) mass is 377 g/mol. The molecule has 0 radical (unpaired) electrons. The summed E-state index contributed by atoms with van der Waals surface area (Å²) in [5.74, 6) is 2.05. The zero-order valence-electron chi connectivity index (χ0n) is 15.9. The van der Waals surface area contributed by atoms with Gasteiger partial charge in [-0.3, -0.25) is 4.79 Å². The Kier molecular flexibility index (Phi) is 6.46. The van der Waals surface area contributed by atoms with Gasteiger partial charge < -0.3 is 20.1 Å². The number of nitrogens with one attached hydrogen (secondary N) is 2. The van der Waals surface area contributed by atoms with Crippen LogP contribution in [0.2, 0.25) is 0 Å². The van der Waals surface area contributed by atoms with Crippen LogP contribution in [0, 0.1) is 0 Å². The van der Waals surface area contributed by atoms with E-state index in [0.717, 1.165) is 24.5 Å². The summed E-state index contributed by atoms with van der Waals surface area (Å²) in [4.78, 5) is 16.7. The number of methoxy groups -OCH3 is 2. The average Bonchev–Trinajstić information content (AvgIpc) is 2.75. The van der Waals surface area contributed by atoms with Crippen LogP contribution in [-0.2, 0) is 6.42 Å². The van der Waals surface area contributed by atoms with Crippen molar-refractivity contribution in [3.63, 3.8) is 0 Å². The second-order valence-electron chi connectivity index (χ2n) is 6.14. The summed E-state index contributed by atoms with van der Waals surface area (Å²) in [7, 11) is 3.24. The van der Waals surface area contributed by atoms with Gasteiger partial charge in [0.05, 0.1) is 19.8 Å². The first-order chi connectivity index (χ1) is 13.7. The molecule has 0 bridgehead atoms. The molecular weight excluding hydrogens is 354 g/mol. The molecule has 0 atom stereocenters. The fraction of sp³-hybridized carbons (Fsp3) is 0.182. The Morgan fingerprint density at radius 2 is 1.75 bits per heavy atom. The Labute approximate surface area is 164 Å². The lowest BCUT2D eigenvalue weighted by molar-refractivity contribution is 0.102. The SMILES string of the molecule is COc1ccc(CCNc2ccc(C(=O)Nc3cccc(OC)c3)cn2)cc1. The van der Waals surface area contributed by atoms with Crippen molar-refractivity contribution in [1.29, 1.82) is 0 Å². The number of hydrogen-bond acceptors (Lipinski definition) is 5. The first kappa shape index (κ1) is 19.2. The molecule has 6 nitrogen and oxygen atoms in total. The minimum absolute atomic E-state index is 0.217. The molecular formula is C22H23N3O3. The van der Waals surface area contributed by atoms with E-state index in [1.54, 1.807) is 38.6 Å². The second kappa shape index (κ2) is 9.41. The number of carbonyl (C=O) groups is 1. The van der Waals surface area contributed by atoms with E-state index in [9.17, 15) is 4.79 Å². The van der Waals surface area contributed by atoms with Gasteiger partial charge in [0.1, 0.15) is 17.3 Å². The molecule has 0 saturated carbocycles. The van der Waals surface area contributed by atoms with Gasteiger partial charge in [-0.1, -0.05) is 18.2 Å². The van der Waals surface area contributed by atoms with Gasteiger partial charge in [0, 0.05) is 24.5 Å². The molecule has 3 aromatic rings. The minimum atomic E-state index is -0.217. The van der Waals surface area contributed by atoms with Crippen LogP contribution < -0.4 is 20.1 Å². The maximum absolute atomic E-state index is 12.4. The third-order valence-electron chi connectivity index (χ3n) is 4.23. The fourth-order valence-electron chi connectivity index (χ4n) is 2.66. The Bertz CT molecular complexity index is 909. The molecule has 0 aliphatic heterocycles. The highest BCUT2D eigenvalue weighted by Gasteiger charge is 2.07. The van der Waals surface area contributed by atoms with Gasteiger partial charge in [-0.25, -0.2) is 4.98 Å². The third-order valence-corrected chi connectivity index (χ3v) is 4.23. The summed E-state index contributed by atoms with van der Waals surface area (Å²) in [5.41, 5.74) is 2.37. The van der Waals surface area contributed by atoms with Gasteiger partial charge in [-0.15, -0.1) is 0 Å². The van der Waals surface area contributed by atoms with Crippen LogP contribution in [0.4, 0.5) is 11.5 Å². The van der Waals surface area contributed by atoms with E-state index in [2.05, 4.69) is 15.6 Å². The second-order valence-corrected chi connectivity index (χ2v) is 6.14. The molecule has 0 fully saturated rings. The molecule has 6 heteroatoms. The molecule has 0 saturated heterocycles. The van der Waals surface area contributed by atoms with E-state index < -0.39 is 0 Å². The zero-order valence-corrected chi connectivity index (χ0v) is 15.9. The van der Waals surface area contributed by atoms with E-state index in [-0.39, 0.29) is 5.91 Å². The highest BCUT2D eigenvalue weighted by atomic mass is 16.5. The normalized spacial score (nSPS) is 10.2. The van der Waals surface area contributed by atoms with Crippen LogP contribution in [0.15, 0.2) is 66.9 Å². The lowest BCUT2D eigenvalue weighted by Gasteiger charge is -2.09. The summed E-state index contributed by atoms with van der Waals surface area (Å²) in [6.45, 7) is 0.745. The van der Waals surface area contributed by atoms with Gasteiger partial charge in [-0.05, 0) is 48.4 Å². The first-order valence-corrected chi connectivity index (χ1v) is 8.96. The molecule has 1 heterocycles. The van der Waals surface area contributed by atoms with E-state index in [0.29, 0.717) is 17.0 Å². The summed E-state index contributed by atoms with van der Waals surface area (Å²) >= 11 is 0. The Balaban J connectivity index is 1.51. The smallest absolute Gasteiger partial charge is 0.257 e. The lowest BCUT2D eigenvalue weighted by atomic mass is 10.1. The van der Waals surface area contributed by atoms with Gasteiger partial charge in [0.25, 0.3) is 5.91 Å². The van der Waals surface area contributed by atoms with Gasteiger partial charge in [-0.2, -0.15) is 0 Å². The topological polar surface area (TPSA) is 72.5 Å². The van der Waals surface area contributed by atoms with E-state index >= 15 is 0 Å². The largest absolute Gasteiger partial charge is 0.497 e. The number of pyridine rings is 1. The van der Waals surface area contributed by atoms with Crippen molar-refractivity contribution in [1.82, 2.24) is 4.98 Å². The average molecular weight is 377 g/mol. The molecule has 0 unspecified atom stereocenters. The minimum Gasteiger partial charge on any atom is -0.497 e. The van der Waals surface area contributed by atoms with Crippen LogP contribution in [0.25, 0.3) is 0 Å². The van der Waals surface area contributed by atoms with E-state index in [4.69, 9.17) is 9.47 Å². The van der Waals surface area contributed by atoms with Crippen LogP contribution in [-0.4, -0.2) is 31.7 Å². The molecule has 2 N–H and O–H groups in total. The Morgan fingerprint density at radius 3 is 2.43 bits per heavy atom. The fourth-order valence-corrected chi connectivity index (χ4v) is 2.66. The summed E-state index contributed by atoms with van der Waals surface area (Å²) in [6.07, 6.45) is 2.43. The number of hydrogen-bond donors (Lipinski definition) is 2. The van der Waals surface area contributed by atoms with E-state index in [1.165, 1.54) is 5.56 Å². The molecule has 3 rings (SSSR count). The van der Waals surface area contributed by atoms with Crippen LogP contribution >= 0.6 is 0 Å². The van der Waals surface area contributed by atoms with Crippen molar-refractivity contribution in [3.05, 3.63) is 78.0 Å². The maximum atomic E-state index is 12.4. The van der Waals surface area contributed by atoms with E-state index in [1.807, 2.05) is 42.5 Å². The molecule has 0 aliphatic carbocycles. The number of ether oxygens (including phenoxy) is 2. The van der Waals surface area contributed by atoms with Crippen molar-refractivity contribution < 1.29 is 14.3 Å². The quantitative estimate of drug-likeness (QED) is 0.621. The molecule has 28 heavy (non-hydrogen) atoms. The zero-order chi connectivity index (χ0) is 19.8. The molecule has 1 aromatic heterocycles. The molecule has 0 spiro atoms. The van der Waals surface area contributed by atoms with Crippen molar-refractivity contribution in [2.24, 2.45) is 0 Å². The van der Waals surface area contributed by atoms with Crippen molar-refractivity contribution in [3.8, 4) is 11.5 Å². The van der Waals surface area contributed by atoms with Crippen LogP contribution in [0.5, 0.6) is 11.5 Å². The number of carbonyl (C=O) groups excluding carboxylic acids is 1. The number of nitrogens with zero attached hydrogens (tertiary/aromatic N) is 1. The standard InChI is InChI=1S/C22H23N3O3/c1-27-19-9-6-16(7-10-19)12-13-23-21-11-8-17(15-24-21)22(26)25-18-4-3-5-20(14-18)28-2/h3-11,14-15H,12-13H2,1-2H3,(H,23,24)(H,25,26). The molecule has 0 aliphatic rings. The lowest BCUT2D eigenvalue weighted by Crippen LogP contribution is -2.13. The molecule has 144 valence electrons. The summed E-state index contributed by atoms with van der Waals surface area (Å²) in [5, 5.41) is 6.10. The van der Waals surface area contributed by atoms with Crippen LogP contribution in [0.3, 0.4) is 0 Å². The van der Waals surface area contributed by atoms with Crippen LogP contribution in [0.1, 0.15) is 15.9 Å².